The first-order valence-electron chi connectivity index (χ1n) is 19.4. The third kappa shape index (κ3) is 8.76. The zero-order chi connectivity index (χ0) is 44.4. The van der Waals surface area contributed by atoms with Crippen LogP contribution in [0.5, 0.6) is 28.7 Å². The topological polar surface area (TPSA) is 240 Å². The lowest BCUT2D eigenvalue weighted by atomic mass is 9.78. The van der Waals surface area contributed by atoms with Crippen molar-refractivity contribution in [3.05, 3.63) is 77.6 Å². The van der Waals surface area contributed by atoms with Crippen molar-refractivity contribution in [2.24, 2.45) is 23.7 Å². The number of amides is 2. The van der Waals surface area contributed by atoms with Crippen LogP contribution >= 0.6 is 0 Å². The number of carbonyl (C=O) groups is 4. The van der Waals surface area contributed by atoms with E-state index < -0.39 is 117 Å². The number of fused-ring (bicyclic) bond motifs is 14. The van der Waals surface area contributed by atoms with E-state index in [1.54, 1.807) is 52.0 Å². The van der Waals surface area contributed by atoms with E-state index in [0.29, 0.717) is 0 Å². The van der Waals surface area contributed by atoms with Gasteiger partial charge in [0, 0.05) is 61.2 Å². The summed E-state index contributed by atoms with van der Waals surface area (Å²) in [6, 6.07) is 7.90. The number of carbonyl (C=O) groups excluding carboxylic acids is 4. The molecule has 0 saturated carbocycles. The van der Waals surface area contributed by atoms with Crippen LogP contribution in [0.2, 0.25) is 0 Å². The van der Waals surface area contributed by atoms with Gasteiger partial charge in [-0.15, -0.1) is 0 Å². The van der Waals surface area contributed by atoms with Gasteiger partial charge < -0.3 is 54.5 Å². The zero-order valence-corrected chi connectivity index (χ0v) is 34.8. The first-order valence-corrected chi connectivity index (χ1v) is 19.4. The van der Waals surface area contributed by atoms with Crippen LogP contribution in [0.1, 0.15) is 64.4 Å². The quantitative estimate of drug-likeness (QED) is 0.0860. The van der Waals surface area contributed by atoms with Gasteiger partial charge in [0.2, 0.25) is 0 Å². The summed E-state index contributed by atoms with van der Waals surface area (Å²) in [4.78, 5) is 53.7. The molecule has 5 bridgehead atoms. The molecule has 0 aromatic heterocycles. The third-order valence-corrected chi connectivity index (χ3v) is 11.2. The van der Waals surface area contributed by atoms with E-state index in [9.17, 15) is 44.7 Å². The van der Waals surface area contributed by atoms with Crippen LogP contribution in [0.4, 0.5) is 16.2 Å². The maximum atomic E-state index is 14.4. The van der Waals surface area contributed by atoms with Gasteiger partial charge in [-0.05, 0) is 32.1 Å². The Bertz CT molecular complexity index is 2250. The molecule has 0 unspecified atom stereocenters. The second-order valence-electron chi connectivity index (χ2n) is 15.4. The van der Waals surface area contributed by atoms with Crippen LogP contribution in [0.15, 0.2) is 66.5 Å². The van der Waals surface area contributed by atoms with Crippen molar-refractivity contribution in [1.82, 2.24) is 0 Å². The Balaban J connectivity index is 1.71. The maximum Gasteiger partial charge on any atom is 0.417 e. The number of phenolic OH excluding ortho intramolecular Hbond substituents is 3. The molecule has 9 atom stereocenters. The van der Waals surface area contributed by atoms with Crippen LogP contribution in [0.25, 0.3) is 10.8 Å². The van der Waals surface area contributed by atoms with Gasteiger partial charge in [0.15, 0.2) is 5.75 Å². The molecular formula is C44H52N2O14. The first-order chi connectivity index (χ1) is 28.2. The van der Waals surface area contributed by atoms with Crippen LogP contribution in [-0.2, 0) is 23.8 Å². The zero-order valence-electron chi connectivity index (χ0n) is 34.8. The van der Waals surface area contributed by atoms with E-state index in [2.05, 4.69) is 10.6 Å². The standard InChI is InChI=1S/C44H52N2O14/c1-20-14-13-15-21(2)42(54)45-32-33(46-43(55)59-27-16-11-10-12-17-27)37(51)29-30(38(32)52)36(50)25(6)40-31(29)41(53)44(8,60-40)57-19-18-28(56-9)22(3)39(58-26(7)47)24(5)35(49)23(4)34(20)48/h10-20,22-24,28,34-35,39,48-52H,1-9H3,(H,45,54)(H,46,55)/b14-13+,19-18+,21-15-/t20-,22-,23-,24-,28+,34+,35+,39-,44+/m1/s1. The van der Waals surface area contributed by atoms with E-state index in [4.69, 9.17) is 23.7 Å². The van der Waals surface area contributed by atoms with Gasteiger partial charge in [-0.3, -0.25) is 19.7 Å². The first kappa shape index (κ1) is 45.0. The molecule has 0 aliphatic carbocycles. The number of rotatable bonds is 4. The molecule has 3 aliphatic rings. The molecular weight excluding hydrogens is 780 g/mol. The number of aliphatic hydroxyl groups excluding tert-OH is 2. The minimum Gasteiger partial charge on any atom is -0.507 e. The number of benzene rings is 3. The fraction of sp³-hybridized carbons (Fsp3) is 0.409. The average Bonchev–Trinajstić information content (AvgIpc) is 3.47. The Labute approximate surface area is 347 Å². The highest BCUT2D eigenvalue weighted by Gasteiger charge is 2.50. The van der Waals surface area contributed by atoms with Crippen molar-refractivity contribution in [3.63, 3.8) is 0 Å². The van der Waals surface area contributed by atoms with E-state index in [1.165, 1.54) is 65.2 Å². The van der Waals surface area contributed by atoms with Crippen molar-refractivity contribution in [2.75, 3.05) is 17.7 Å². The number of ketones is 1. The van der Waals surface area contributed by atoms with E-state index >= 15 is 0 Å². The lowest BCUT2D eigenvalue weighted by Crippen LogP contribution is -2.46. The summed E-state index contributed by atoms with van der Waals surface area (Å²) >= 11 is 0. The minimum atomic E-state index is -2.13. The molecule has 3 aromatic carbocycles. The number of aliphatic hydroxyl groups is 2. The second kappa shape index (κ2) is 18.0. The predicted octanol–water partition coefficient (Wildman–Crippen LogP) is 6.37. The Morgan fingerprint density at radius 1 is 0.883 bits per heavy atom. The van der Waals surface area contributed by atoms with Gasteiger partial charge in [0.05, 0.1) is 35.5 Å². The summed E-state index contributed by atoms with van der Waals surface area (Å²) in [5, 5.41) is 62.1. The number of methoxy groups -OCH3 is 1. The number of hydrogen-bond donors (Lipinski definition) is 7. The lowest BCUT2D eigenvalue weighted by Gasteiger charge is -2.38. The predicted molar refractivity (Wildman–Crippen MR) is 220 cm³/mol. The Kier molecular flexibility index (Phi) is 13.5. The monoisotopic (exact) mass is 832 g/mol. The smallest absolute Gasteiger partial charge is 0.417 e. The Morgan fingerprint density at radius 3 is 2.18 bits per heavy atom. The molecule has 0 spiro atoms. The van der Waals surface area contributed by atoms with E-state index in [-0.39, 0.29) is 28.2 Å². The minimum absolute atomic E-state index is 0.0317. The van der Waals surface area contributed by atoms with Crippen LogP contribution in [0, 0.1) is 30.6 Å². The molecule has 16 heteroatoms. The Morgan fingerprint density at radius 2 is 1.55 bits per heavy atom. The largest absolute Gasteiger partial charge is 0.507 e. The number of nitrogens with one attached hydrogen (secondary N) is 2. The number of hydrogen-bond acceptors (Lipinski definition) is 14. The molecule has 0 fully saturated rings. The number of Topliss-reactive ketones (excluding diaryl/α,β-unsaturated/α-hetero) is 1. The molecule has 0 saturated heterocycles. The highest BCUT2D eigenvalue weighted by molar-refractivity contribution is 6.24. The van der Waals surface area contributed by atoms with Gasteiger partial charge in [-0.25, -0.2) is 4.79 Å². The highest BCUT2D eigenvalue weighted by atomic mass is 16.7. The second-order valence-corrected chi connectivity index (χ2v) is 15.4. The van der Waals surface area contributed by atoms with Gasteiger partial charge in [0.1, 0.15) is 40.5 Å². The van der Waals surface area contributed by atoms with E-state index in [0.717, 1.165) is 6.26 Å². The molecule has 3 heterocycles. The van der Waals surface area contributed by atoms with Gasteiger partial charge in [-0.2, -0.15) is 0 Å². The summed E-state index contributed by atoms with van der Waals surface area (Å²) in [7, 11) is 1.41. The van der Waals surface area contributed by atoms with Crippen molar-refractivity contribution < 1.29 is 68.4 Å². The summed E-state index contributed by atoms with van der Waals surface area (Å²) in [6.45, 7) is 12.2. The van der Waals surface area contributed by atoms with Crippen molar-refractivity contribution in [3.8, 4) is 28.7 Å². The molecule has 60 heavy (non-hydrogen) atoms. The fourth-order valence-electron chi connectivity index (χ4n) is 7.57. The number of ether oxygens (including phenoxy) is 5. The molecule has 0 radical (unpaired) electrons. The van der Waals surface area contributed by atoms with Crippen molar-refractivity contribution in [2.45, 2.75) is 85.6 Å². The molecule has 7 N–H and O–H groups in total. The maximum absolute atomic E-state index is 14.4. The van der Waals surface area contributed by atoms with Crippen LogP contribution in [0.3, 0.4) is 0 Å². The van der Waals surface area contributed by atoms with E-state index in [1.807, 2.05) is 0 Å². The summed E-state index contributed by atoms with van der Waals surface area (Å²) in [5.41, 5.74) is -1.42. The average molecular weight is 833 g/mol. The molecule has 322 valence electrons. The molecule has 3 aliphatic heterocycles. The number of allylic oxidation sites excluding steroid dienone is 2. The summed E-state index contributed by atoms with van der Waals surface area (Å²) < 4.78 is 28.8. The third-order valence-electron chi connectivity index (χ3n) is 11.2. The fourth-order valence-corrected chi connectivity index (χ4v) is 7.57. The number of phenols is 3. The van der Waals surface area contributed by atoms with Gasteiger partial charge >= 0.3 is 17.8 Å². The number of esters is 1. The number of anilines is 2. The van der Waals surface area contributed by atoms with Crippen LogP contribution in [-0.4, -0.2) is 86.6 Å². The summed E-state index contributed by atoms with van der Waals surface area (Å²) in [5.74, 6) is -9.45. The molecule has 16 nitrogen and oxygen atoms in total. The normalized spacial score (nSPS) is 29.4. The Hall–Kier alpha value is -6.10. The van der Waals surface area contributed by atoms with Crippen molar-refractivity contribution in [1.29, 1.82) is 0 Å². The SMILES string of the molecule is CO[C@H]1/C=C/O[C@@]2(C)Oc3c(C)c(O)c4c(O)c(c(NC(=O)Oc5ccccc5)c(O)c4c3C2=O)NC(=O)/C(C)=C\C=C\[C@@H](C)[C@H](O)[C@@H](C)[C@H](O)[C@@H](C)[C@H](OC(C)=O)[C@@H]1C. The van der Waals surface area contributed by atoms with Crippen molar-refractivity contribution >= 4 is 45.9 Å². The molecule has 3 aromatic rings. The molecule has 6 rings (SSSR count). The highest BCUT2D eigenvalue weighted by Crippen LogP contribution is 2.57. The van der Waals surface area contributed by atoms with Gasteiger partial charge in [-0.1, -0.05) is 64.1 Å². The molecule has 2 amide bonds. The lowest BCUT2D eigenvalue weighted by molar-refractivity contribution is -0.160. The summed E-state index contributed by atoms with van der Waals surface area (Å²) in [6.07, 6.45) is 1.95. The van der Waals surface area contributed by atoms with Crippen LogP contribution < -0.4 is 20.1 Å². The number of para-hydroxylation sites is 1. The van der Waals surface area contributed by atoms with Gasteiger partial charge in [0.25, 0.3) is 11.7 Å². The number of aromatic hydroxyl groups is 3.